The van der Waals surface area contributed by atoms with Gasteiger partial charge < -0.3 is 31.1 Å². The molecule has 7 atom stereocenters. The van der Waals surface area contributed by atoms with Crippen molar-refractivity contribution in [1.29, 1.82) is 0 Å². The Kier molecular flexibility index (Phi) is 15.9. The van der Waals surface area contributed by atoms with E-state index in [4.69, 9.17) is 10.5 Å². The molecule has 1 aliphatic rings. The number of aliphatic carboxylic acids is 2. The zero-order valence-corrected chi connectivity index (χ0v) is 29.6. The van der Waals surface area contributed by atoms with Gasteiger partial charge in [-0.15, -0.1) is 0 Å². The number of Topliss-reactive ketones (excluding diaryl/α,β-unsaturated/α-hetero) is 2. The van der Waals surface area contributed by atoms with Gasteiger partial charge in [-0.2, -0.15) is 0 Å². The lowest BCUT2D eigenvalue weighted by atomic mass is 9.72. The van der Waals surface area contributed by atoms with Crippen LogP contribution in [0.2, 0.25) is 0 Å². The zero-order chi connectivity index (χ0) is 37.1. The normalized spacial score (nSPS) is 18.1. The van der Waals surface area contributed by atoms with Crippen LogP contribution in [0.15, 0.2) is 30.3 Å². The number of carboxylic acids is 2. The van der Waals surface area contributed by atoms with Crippen molar-refractivity contribution in [3.63, 3.8) is 0 Å². The fourth-order valence-corrected chi connectivity index (χ4v) is 6.48. The van der Waals surface area contributed by atoms with Crippen molar-refractivity contribution in [2.24, 2.45) is 17.6 Å². The van der Waals surface area contributed by atoms with Crippen molar-refractivity contribution in [1.82, 2.24) is 10.2 Å². The topological polar surface area (TPSA) is 214 Å². The molecule has 0 saturated heterocycles. The van der Waals surface area contributed by atoms with Crippen LogP contribution in [0.4, 0.5) is 4.79 Å². The Morgan fingerprint density at radius 3 is 2.06 bits per heavy atom. The summed E-state index contributed by atoms with van der Waals surface area (Å²) in [5, 5.41) is 33.5. The van der Waals surface area contributed by atoms with Gasteiger partial charge in [-0.05, 0) is 64.4 Å². The van der Waals surface area contributed by atoms with Gasteiger partial charge >= 0.3 is 18.0 Å². The molecular formula is C36H55N3O10. The minimum atomic E-state index is -2.03. The van der Waals surface area contributed by atoms with Crippen LogP contribution in [0.3, 0.4) is 0 Å². The van der Waals surface area contributed by atoms with Crippen molar-refractivity contribution in [3.8, 4) is 0 Å². The van der Waals surface area contributed by atoms with Crippen LogP contribution in [0.25, 0.3) is 0 Å². The maximum absolute atomic E-state index is 14.6. The first kappa shape index (κ1) is 41.3. The second kappa shape index (κ2) is 18.8. The van der Waals surface area contributed by atoms with Gasteiger partial charge in [0.2, 0.25) is 17.5 Å². The van der Waals surface area contributed by atoms with Crippen molar-refractivity contribution < 1.29 is 48.8 Å². The summed E-state index contributed by atoms with van der Waals surface area (Å²) in [6.07, 6.45) is 1.85. The summed E-state index contributed by atoms with van der Waals surface area (Å²) in [6.45, 7) is 9.56. The molecule has 0 spiro atoms. The number of nitrogens with zero attached hydrogens (tertiary/aromatic N) is 1. The molecule has 13 nitrogen and oxygen atoms in total. The van der Waals surface area contributed by atoms with Crippen LogP contribution < -0.4 is 11.1 Å². The van der Waals surface area contributed by atoms with E-state index in [0.29, 0.717) is 31.2 Å². The number of hydrogen-bond acceptors (Lipinski definition) is 9. The Morgan fingerprint density at radius 1 is 0.959 bits per heavy atom. The van der Waals surface area contributed by atoms with Gasteiger partial charge in [0.05, 0.1) is 18.6 Å². The number of ether oxygens (including phenoxy) is 1. The second-order valence-electron chi connectivity index (χ2n) is 14.2. The molecule has 1 aromatic carbocycles. The smallest absolute Gasteiger partial charge is 0.411 e. The number of nitrogens with two attached hydrogens (primary N) is 1. The molecule has 0 bridgehead atoms. The fourth-order valence-electron chi connectivity index (χ4n) is 6.48. The van der Waals surface area contributed by atoms with Crippen LogP contribution >= 0.6 is 0 Å². The summed E-state index contributed by atoms with van der Waals surface area (Å²) in [5.74, 6) is -8.14. The third kappa shape index (κ3) is 11.9. The maximum Gasteiger partial charge on any atom is 0.411 e. The highest BCUT2D eigenvalue weighted by Gasteiger charge is 2.52. The first-order valence-electron chi connectivity index (χ1n) is 17.2. The van der Waals surface area contributed by atoms with E-state index in [0.717, 1.165) is 30.6 Å². The van der Waals surface area contributed by atoms with Crippen molar-refractivity contribution in [2.45, 2.75) is 141 Å². The van der Waals surface area contributed by atoms with E-state index in [1.165, 1.54) is 6.92 Å². The van der Waals surface area contributed by atoms with Gasteiger partial charge in [0, 0.05) is 5.92 Å². The molecule has 1 saturated carbocycles. The molecule has 2 amide bonds. The first-order chi connectivity index (χ1) is 22.9. The van der Waals surface area contributed by atoms with Gasteiger partial charge in [-0.1, -0.05) is 76.3 Å². The number of unbranched alkanes of at least 4 members (excludes halogenated alkanes) is 1. The van der Waals surface area contributed by atoms with E-state index in [-0.39, 0.29) is 5.92 Å². The van der Waals surface area contributed by atoms with Gasteiger partial charge in [-0.25, -0.2) is 4.79 Å². The molecule has 49 heavy (non-hydrogen) atoms. The molecule has 0 aromatic heterocycles. The quantitative estimate of drug-likeness (QED) is 0.139. The average molecular weight is 690 g/mol. The van der Waals surface area contributed by atoms with Crippen LogP contribution in [0.1, 0.15) is 111 Å². The number of carboxylic acid groups (broad SMARTS) is 2. The first-order valence-corrected chi connectivity index (χ1v) is 17.2. The number of nitrogens with one attached hydrogen (secondary N) is 1. The predicted molar refractivity (Wildman–Crippen MR) is 182 cm³/mol. The molecule has 0 heterocycles. The lowest BCUT2D eigenvalue weighted by Gasteiger charge is -2.45. The second-order valence-corrected chi connectivity index (χ2v) is 14.2. The number of hydrogen-bond donors (Lipinski definition) is 5. The monoisotopic (exact) mass is 689 g/mol. The standard InChI is InChI=1S/C36H55N3O10/c1-7-8-15-21(2)30(42)29(32(44)31(43)25(37)20-26(40)41)39(35(48)49-36(4,5)6)28(33(45)38-22(3)34(46)47)27(23-16-11-9-12-17-23)24-18-13-10-14-19-24/h9,11-12,16-17,21-22,24-25,27-30,42H,7-8,10,13-15,18-20,37H2,1-6H3,(H,38,45)(H,40,41)(H,46,47)/t21-,22+,25-,27?,28+,29?,30-/m0/s1. The number of aliphatic hydroxyl groups excluding tert-OH is 1. The van der Waals surface area contributed by atoms with Gasteiger partial charge in [0.15, 0.2) is 0 Å². The number of carbonyl (C=O) groups is 6. The third-order valence-corrected chi connectivity index (χ3v) is 9.05. The summed E-state index contributed by atoms with van der Waals surface area (Å²) < 4.78 is 5.79. The van der Waals surface area contributed by atoms with Crippen LogP contribution in [0.5, 0.6) is 0 Å². The van der Waals surface area contributed by atoms with E-state index >= 15 is 0 Å². The number of benzene rings is 1. The number of amides is 2. The van der Waals surface area contributed by atoms with Crippen LogP contribution in [-0.4, -0.2) is 91.6 Å². The molecule has 2 rings (SSSR count). The molecule has 0 aliphatic heterocycles. The fraction of sp³-hybridized carbons (Fsp3) is 0.667. The van der Waals surface area contributed by atoms with Gasteiger partial charge in [0.25, 0.3) is 0 Å². The summed E-state index contributed by atoms with van der Waals surface area (Å²) >= 11 is 0. The number of carbonyl (C=O) groups excluding carboxylic acids is 4. The summed E-state index contributed by atoms with van der Waals surface area (Å²) in [6, 6.07) is 1.97. The lowest BCUT2D eigenvalue weighted by Crippen LogP contribution is -2.66. The SMILES string of the molecule is CCCC[C@H](C)[C@H](O)C(C(=O)C(=O)[C@@H](N)CC(=O)O)N(C(=O)OC(C)(C)C)[C@@H](C(=O)N[C@H](C)C(=O)O)C(c1ccccc1)C1CCCCC1. The highest BCUT2D eigenvalue weighted by atomic mass is 16.6. The van der Waals surface area contributed by atoms with Crippen LogP contribution in [0, 0.1) is 11.8 Å². The molecule has 1 fully saturated rings. The van der Waals surface area contributed by atoms with Crippen molar-refractivity contribution >= 4 is 35.5 Å². The largest absolute Gasteiger partial charge is 0.481 e. The molecular weight excluding hydrogens is 634 g/mol. The Bertz CT molecular complexity index is 1290. The van der Waals surface area contributed by atoms with E-state index in [1.54, 1.807) is 58.0 Å². The van der Waals surface area contributed by atoms with E-state index in [2.05, 4.69) is 5.32 Å². The lowest BCUT2D eigenvalue weighted by molar-refractivity contribution is -0.149. The molecule has 1 aliphatic carbocycles. The van der Waals surface area contributed by atoms with Crippen LogP contribution in [-0.2, 0) is 28.7 Å². The van der Waals surface area contributed by atoms with E-state index in [9.17, 15) is 44.1 Å². The number of ketones is 2. The maximum atomic E-state index is 14.6. The minimum absolute atomic E-state index is 0.229. The van der Waals surface area contributed by atoms with E-state index < -0.39 is 89.6 Å². The third-order valence-electron chi connectivity index (χ3n) is 9.05. The highest BCUT2D eigenvalue weighted by molar-refractivity contribution is 6.41. The number of aliphatic hydroxyl groups is 1. The Hall–Kier alpha value is -3.84. The zero-order valence-electron chi connectivity index (χ0n) is 29.6. The summed E-state index contributed by atoms with van der Waals surface area (Å²) in [5.41, 5.74) is 5.33. The Labute approximate surface area is 288 Å². The summed E-state index contributed by atoms with van der Waals surface area (Å²) in [7, 11) is 0. The molecule has 6 N–H and O–H groups in total. The summed E-state index contributed by atoms with van der Waals surface area (Å²) in [4.78, 5) is 81.2. The van der Waals surface area contributed by atoms with Gasteiger partial charge in [-0.3, -0.25) is 28.9 Å². The molecule has 13 heteroatoms. The molecule has 1 aromatic rings. The molecule has 2 unspecified atom stereocenters. The average Bonchev–Trinajstić information content (AvgIpc) is 3.03. The minimum Gasteiger partial charge on any atom is -0.481 e. The predicted octanol–water partition coefficient (Wildman–Crippen LogP) is 4.04. The highest BCUT2D eigenvalue weighted by Crippen LogP contribution is 2.41. The van der Waals surface area contributed by atoms with E-state index in [1.807, 2.05) is 6.92 Å². The molecule has 274 valence electrons. The number of rotatable bonds is 18. The van der Waals surface area contributed by atoms with Crippen molar-refractivity contribution in [3.05, 3.63) is 35.9 Å². The van der Waals surface area contributed by atoms with Crippen molar-refractivity contribution in [2.75, 3.05) is 0 Å². The Morgan fingerprint density at radius 2 is 1.55 bits per heavy atom. The molecule has 0 radical (unpaired) electrons. The Balaban J connectivity index is 3.02. The van der Waals surface area contributed by atoms with Gasteiger partial charge in [0.1, 0.15) is 23.7 Å².